The van der Waals surface area contributed by atoms with Crippen LogP contribution in [-0.2, 0) is 16.6 Å². The van der Waals surface area contributed by atoms with Gasteiger partial charge >= 0.3 is 0 Å². The first kappa shape index (κ1) is 16.9. The number of rotatable bonds is 4. The maximum atomic E-state index is 12.9. The summed E-state index contributed by atoms with van der Waals surface area (Å²) in [6.45, 7) is 5.43. The van der Waals surface area contributed by atoms with Gasteiger partial charge in [0.1, 0.15) is 0 Å². The van der Waals surface area contributed by atoms with Gasteiger partial charge in [-0.2, -0.15) is 4.31 Å². The fraction of sp³-hybridized carbons (Fsp3) is 0.600. The van der Waals surface area contributed by atoms with Crippen molar-refractivity contribution in [2.24, 2.45) is 5.92 Å². The molecular formula is C15H23BrN2O2S. The van der Waals surface area contributed by atoms with E-state index in [1.165, 1.54) is 0 Å². The third-order valence-electron chi connectivity index (χ3n) is 4.02. The molecule has 1 saturated heterocycles. The summed E-state index contributed by atoms with van der Waals surface area (Å²) < 4.78 is 28.1. The lowest BCUT2D eigenvalue weighted by Gasteiger charge is -2.35. The molecule has 2 rings (SSSR count). The quantitative estimate of drug-likeness (QED) is 0.880. The Morgan fingerprint density at radius 2 is 2.05 bits per heavy atom. The van der Waals surface area contributed by atoms with E-state index in [0.717, 1.165) is 24.9 Å². The van der Waals surface area contributed by atoms with E-state index in [0.29, 0.717) is 21.8 Å². The lowest BCUT2D eigenvalue weighted by atomic mass is 9.97. The summed E-state index contributed by atoms with van der Waals surface area (Å²) in [4.78, 5) is 0.364. The maximum Gasteiger partial charge on any atom is 0.244 e. The Hall–Kier alpha value is -0.430. The maximum absolute atomic E-state index is 12.9. The summed E-state index contributed by atoms with van der Waals surface area (Å²) in [5.41, 5.74) is 1.06. The van der Waals surface area contributed by atoms with Crippen LogP contribution >= 0.6 is 15.9 Å². The highest BCUT2D eigenvalue weighted by Gasteiger charge is 2.34. The van der Waals surface area contributed by atoms with Crippen LogP contribution in [0.4, 0.5) is 0 Å². The Labute approximate surface area is 136 Å². The van der Waals surface area contributed by atoms with Crippen LogP contribution < -0.4 is 5.32 Å². The predicted molar refractivity (Wildman–Crippen MR) is 88.7 cm³/mol. The molecule has 2 unspecified atom stereocenters. The van der Waals surface area contributed by atoms with E-state index >= 15 is 0 Å². The molecule has 1 aliphatic rings. The molecule has 0 bridgehead atoms. The monoisotopic (exact) mass is 374 g/mol. The predicted octanol–water partition coefficient (Wildman–Crippen LogP) is 2.98. The van der Waals surface area contributed by atoms with E-state index < -0.39 is 10.0 Å². The molecule has 4 nitrogen and oxygen atoms in total. The van der Waals surface area contributed by atoms with Crippen LogP contribution in [0.5, 0.6) is 0 Å². The standard InChI is InChI=1S/C15H23BrN2O2S/c1-11-4-5-12(2)18(10-11)21(19,20)15-7-6-13(9-17-3)8-14(15)16/h6-8,11-12,17H,4-5,9-10H2,1-3H3. The fourth-order valence-electron chi connectivity index (χ4n) is 2.78. The average molecular weight is 375 g/mol. The molecule has 6 heteroatoms. The molecule has 1 aromatic carbocycles. The van der Waals surface area contributed by atoms with E-state index in [9.17, 15) is 8.42 Å². The zero-order valence-corrected chi connectivity index (χ0v) is 15.2. The van der Waals surface area contributed by atoms with E-state index in [-0.39, 0.29) is 6.04 Å². The molecule has 1 aromatic rings. The largest absolute Gasteiger partial charge is 0.316 e. The minimum absolute atomic E-state index is 0.0649. The molecule has 1 heterocycles. The highest BCUT2D eigenvalue weighted by Crippen LogP contribution is 2.31. The van der Waals surface area contributed by atoms with Gasteiger partial charge in [-0.05, 0) is 66.4 Å². The third kappa shape index (κ3) is 3.67. The van der Waals surface area contributed by atoms with E-state index in [4.69, 9.17) is 0 Å². The minimum atomic E-state index is -3.44. The van der Waals surface area contributed by atoms with Crippen LogP contribution in [0.2, 0.25) is 0 Å². The van der Waals surface area contributed by atoms with Crippen molar-refractivity contribution in [2.75, 3.05) is 13.6 Å². The Balaban J connectivity index is 2.34. The molecule has 0 amide bonds. The molecular weight excluding hydrogens is 352 g/mol. The van der Waals surface area contributed by atoms with Gasteiger partial charge in [0.05, 0.1) is 4.90 Å². The number of hydrogen-bond donors (Lipinski definition) is 1. The summed E-state index contributed by atoms with van der Waals surface area (Å²) in [7, 11) is -1.57. The number of benzene rings is 1. The van der Waals surface area contributed by atoms with Gasteiger partial charge in [0.25, 0.3) is 0 Å². The highest BCUT2D eigenvalue weighted by atomic mass is 79.9. The number of piperidine rings is 1. The van der Waals surface area contributed by atoms with Crippen molar-refractivity contribution in [1.82, 2.24) is 9.62 Å². The Morgan fingerprint density at radius 1 is 1.33 bits per heavy atom. The van der Waals surface area contributed by atoms with Gasteiger partial charge in [-0.1, -0.05) is 13.0 Å². The smallest absolute Gasteiger partial charge is 0.244 e. The lowest BCUT2D eigenvalue weighted by molar-refractivity contribution is 0.218. The highest BCUT2D eigenvalue weighted by molar-refractivity contribution is 9.10. The first-order valence-corrected chi connectivity index (χ1v) is 9.54. The second-order valence-corrected chi connectivity index (χ2v) is 8.61. The van der Waals surface area contributed by atoms with Crippen LogP contribution in [-0.4, -0.2) is 32.4 Å². The minimum Gasteiger partial charge on any atom is -0.316 e. The third-order valence-corrected chi connectivity index (χ3v) is 6.98. The number of halogens is 1. The first-order chi connectivity index (χ1) is 9.86. The molecule has 1 aliphatic heterocycles. The average Bonchev–Trinajstić information content (AvgIpc) is 2.41. The molecule has 21 heavy (non-hydrogen) atoms. The zero-order chi connectivity index (χ0) is 15.6. The van der Waals surface area contributed by atoms with Crippen molar-refractivity contribution in [3.63, 3.8) is 0 Å². The van der Waals surface area contributed by atoms with E-state index in [2.05, 4.69) is 28.2 Å². The Morgan fingerprint density at radius 3 is 2.67 bits per heavy atom. The van der Waals surface area contributed by atoms with Gasteiger partial charge in [0, 0.05) is 23.6 Å². The van der Waals surface area contributed by atoms with Gasteiger partial charge in [-0.15, -0.1) is 0 Å². The van der Waals surface area contributed by atoms with Crippen molar-refractivity contribution in [3.8, 4) is 0 Å². The first-order valence-electron chi connectivity index (χ1n) is 7.31. The van der Waals surface area contributed by atoms with Gasteiger partial charge in [0.15, 0.2) is 0 Å². The molecule has 0 saturated carbocycles. The topological polar surface area (TPSA) is 49.4 Å². The summed E-state index contributed by atoms with van der Waals surface area (Å²) in [5.74, 6) is 0.415. The van der Waals surface area contributed by atoms with Gasteiger partial charge < -0.3 is 5.32 Å². The Kier molecular flexibility index (Phi) is 5.46. The normalized spacial score (nSPS) is 24.2. The van der Waals surface area contributed by atoms with Gasteiger partial charge in [-0.3, -0.25) is 0 Å². The molecule has 0 spiro atoms. The van der Waals surface area contributed by atoms with Crippen LogP contribution in [0.1, 0.15) is 32.3 Å². The SMILES string of the molecule is CNCc1ccc(S(=O)(=O)N2CC(C)CCC2C)c(Br)c1. The van der Waals surface area contributed by atoms with Gasteiger partial charge in [-0.25, -0.2) is 8.42 Å². The van der Waals surface area contributed by atoms with Crippen molar-refractivity contribution in [3.05, 3.63) is 28.2 Å². The summed E-state index contributed by atoms with van der Waals surface area (Å²) in [6, 6.07) is 5.51. The number of nitrogens with one attached hydrogen (secondary N) is 1. The lowest BCUT2D eigenvalue weighted by Crippen LogP contribution is -2.44. The van der Waals surface area contributed by atoms with E-state index in [1.807, 2.05) is 26.1 Å². The number of sulfonamides is 1. The molecule has 0 radical (unpaired) electrons. The molecule has 1 N–H and O–H groups in total. The van der Waals surface area contributed by atoms with Crippen LogP contribution in [0, 0.1) is 5.92 Å². The summed E-state index contributed by atoms with van der Waals surface area (Å²) in [5, 5.41) is 3.06. The second-order valence-electron chi connectivity index (χ2n) is 5.90. The van der Waals surface area contributed by atoms with Crippen LogP contribution in [0.25, 0.3) is 0 Å². The van der Waals surface area contributed by atoms with Gasteiger partial charge in [0.2, 0.25) is 10.0 Å². The van der Waals surface area contributed by atoms with Crippen molar-refractivity contribution >= 4 is 26.0 Å². The van der Waals surface area contributed by atoms with Crippen molar-refractivity contribution in [1.29, 1.82) is 0 Å². The molecule has 1 fully saturated rings. The number of nitrogens with zero attached hydrogens (tertiary/aromatic N) is 1. The van der Waals surface area contributed by atoms with Crippen LogP contribution in [0.15, 0.2) is 27.6 Å². The van der Waals surface area contributed by atoms with E-state index in [1.54, 1.807) is 10.4 Å². The molecule has 118 valence electrons. The summed E-state index contributed by atoms with van der Waals surface area (Å²) >= 11 is 3.42. The molecule has 0 aromatic heterocycles. The molecule has 0 aliphatic carbocycles. The number of hydrogen-bond acceptors (Lipinski definition) is 3. The van der Waals surface area contributed by atoms with Crippen molar-refractivity contribution in [2.45, 2.75) is 44.2 Å². The second kappa shape index (κ2) is 6.77. The zero-order valence-electron chi connectivity index (χ0n) is 12.8. The Bertz CT molecular complexity index is 604. The molecule has 2 atom stereocenters. The summed E-state index contributed by atoms with van der Waals surface area (Å²) in [6.07, 6.45) is 2.02. The fourth-order valence-corrected chi connectivity index (χ4v) is 5.64. The van der Waals surface area contributed by atoms with Crippen LogP contribution in [0.3, 0.4) is 0 Å². The van der Waals surface area contributed by atoms with Crippen molar-refractivity contribution < 1.29 is 8.42 Å².